The summed E-state index contributed by atoms with van der Waals surface area (Å²) in [4.78, 5) is 0. The summed E-state index contributed by atoms with van der Waals surface area (Å²) in [7, 11) is 0. The molecule has 19 heavy (non-hydrogen) atoms. The monoisotopic (exact) mass is 246 g/mol. The first-order chi connectivity index (χ1) is 9.11. The van der Waals surface area contributed by atoms with Gasteiger partial charge in [0.2, 0.25) is 0 Å². The molecule has 0 aromatic heterocycles. The Balaban J connectivity index is 2.36. The molecule has 4 atom stereocenters. The molecule has 0 aromatic rings. The van der Waals surface area contributed by atoms with Crippen molar-refractivity contribution < 1.29 is 0 Å². The highest BCUT2D eigenvalue weighted by Gasteiger charge is 2.74. The number of nitriles is 4. The van der Waals surface area contributed by atoms with E-state index in [0.29, 0.717) is 0 Å². The molecule has 0 N–H and O–H groups in total. The standard InChI is InChI=1S/C15H10N4/c1-9-4-10-2-3-11-12(10)13(9)15(7-18,8-19)14(11,5-16)6-17/h2-4,10-13H,1H3. The van der Waals surface area contributed by atoms with Crippen molar-refractivity contribution >= 4 is 0 Å². The van der Waals surface area contributed by atoms with E-state index in [1.807, 2.05) is 43.4 Å². The Labute approximate surface area is 111 Å². The van der Waals surface area contributed by atoms with Crippen LogP contribution in [0.15, 0.2) is 23.8 Å². The van der Waals surface area contributed by atoms with Gasteiger partial charge in [0.15, 0.2) is 10.8 Å². The second-order valence-electron chi connectivity index (χ2n) is 5.52. The number of nitrogens with zero attached hydrogens (tertiary/aromatic N) is 4. The fourth-order valence-electron chi connectivity index (χ4n) is 4.31. The molecular weight excluding hydrogens is 236 g/mol. The van der Waals surface area contributed by atoms with Crippen LogP contribution in [0.4, 0.5) is 0 Å². The maximum absolute atomic E-state index is 9.58. The van der Waals surface area contributed by atoms with E-state index in [2.05, 4.69) is 6.08 Å². The minimum absolute atomic E-state index is 0.0126. The van der Waals surface area contributed by atoms with Crippen LogP contribution in [0.5, 0.6) is 0 Å². The summed E-state index contributed by atoms with van der Waals surface area (Å²) in [5, 5.41) is 38.3. The van der Waals surface area contributed by atoms with Gasteiger partial charge in [0.25, 0.3) is 0 Å². The zero-order chi connectivity index (χ0) is 13.8. The van der Waals surface area contributed by atoms with Crippen LogP contribution in [0.25, 0.3) is 0 Å². The lowest BCUT2D eigenvalue weighted by Gasteiger charge is -2.29. The van der Waals surface area contributed by atoms with E-state index in [1.165, 1.54) is 0 Å². The van der Waals surface area contributed by atoms with Gasteiger partial charge in [0, 0.05) is 11.8 Å². The average molecular weight is 246 g/mol. The number of hydrogen-bond acceptors (Lipinski definition) is 4. The van der Waals surface area contributed by atoms with E-state index < -0.39 is 10.8 Å². The molecule has 0 saturated heterocycles. The molecule has 4 nitrogen and oxygen atoms in total. The Bertz CT molecular complexity index is 658. The van der Waals surface area contributed by atoms with Crippen molar-refractivity contribution in [2.45, 2.75) is 6.92 Å². The third-order valence-corrected chi connectivity index (χ3v) is 5.02. The highest BCUT2D eigenvalue weighted by molar-refractivity contribution is 5.50. The molecule has 90 valence electrons. The molecule has 0 aromatic carbocycles. The zero-order valence-corrected chi connectivity index (χ0v) is 10.3. The predicted octanol–water partition coefficient (Wildman–Crippen LogP) is 2.06. The molecule has 3 aliphatic rings. The summed E-state index contributed by atoms with van der Waals surface area (Å²) in [5.41, 5.74) is -2.17. The molecule has 3 rings (SSSR count). The van der Waals surface area contributed by atoms with Crippen molar-refractivity contribution in [2.75, 3.05) is 0 Å². The third-order valence-electron chi connectivity index (χ3n) is 5.02. The summed E-state index contributed by atoms with van der Waals surface area (Å²) < 4.78 is 0. The molecule has 1 fully saturated rings. The highest BCUT2D eigenvalue weighted by Crippen LogP contribution is 2.69. The van der Waals surface area contributed by atoms with E-state index in [4.69, 9.17) is 0 Å². The third kappa shape index (κ3) is 0.907. The lowest BCUT2D eigenvalue weighted by atomic mass is 9.62. The largest absolute Gasteiger partial charge is 0.196 e. The fraction of sp³-hybridized carbons (Fsp3) is 0.467. The van der Waals surface area contributed by atoms with Gasteiger partial charge in [0.05, 0.1) is 24.3 Å². The highest BCUT2D eigenvalue weighted by atomic mass is 14.7. The summed E-state index contributed by atoms with van der Waals surface area (Å²) in [5.74, 6) is -0.476. The van der Waals surface area contributed by atoms with Gasteiger partial charge in [-0.1, -0.05) is 23.8 Å². The van der Waals surface area contributed by atoms with E-state index in [1.54, 1.807) is 0 Å². The summed E-state index contributed by atoms with van der Waals surface area (Å²) >= 11 is 0. The first kappa shape index (κ1) is 11.5. The molecule has 4 unspecified atom stereocenters. The van der Waals surface area contributed by atoms with Gasteiger partial charge in [-0.15, -0.1) is 0 Å². The molecule has 1 saturated carbocycles. The number of hydrogen-bond donors (Lipinski definition) is 0. The minimum atomic E-state index is -1.56. The summed E-state index contributed by atoms with van der Waals surface area (Å²) in [6.07, 6.45) is 5.92. The van der Waals surface area contributed by atoms with Crippen LogP contribution in [0.1, 0.15) is 6.92 Å². The molecule has 0 bridgehead atoms. The quantitative estimate of drug-likeness (QED) is 0.611. The first-order valence-electron chi connectivity index (χ1n) is 6.13. The SMILES string of the molecule is CC1=CC2C=CC3C2C1C(C#N)(C#N)C3(C#N)C#N. The molecular formula is C15H10N4. The normalized spacial score (nSPS) is 38.5. The van der Waals surface area contributed by atoms with Crippen molar-refractivity contribution in [3.05, 3.63) is 23.8 Å². The topological polar surface area (TPSA) is 95.2 Å². The molecule has 0 amide bonds. The Morgan fingerprint density at radius 3 is 2.05 bits per heavy atom. The second kappa shape index (κ2) is 3.26. The van der Waals surface area contributed by atoms with Crippen LogP contribution in [0.2, 0.25) is 0 Å². The van der Waals surface area contributed by atoms with Crippen molar-refractivity contribution in [1.82, 2.24) is 0 Å². The minimum Gasteiger partial charge on any atom is -0.196 e. The maximum atomic E-state index is 9.58. The number of rotatable bonds is 0. The molecule has 0 aliphatic heterocycles. The van der Waals surface area contributed by atoms with Gasteiger partial charge in [-0.2, -0.15) is 21.0 Å². The molecule has 4 heteroatoms. The van der Waals surface area contributed by atoms with Gasteiger partial charge in [0.1, 0.15) is 0 Å². The number of allylic oxidation sites excluding steroid dienone is 4. The molecule has 0 spiro atoms. The zero-order valence-electron chi connectivity index (χ0n) is 10.3. The Morgan fingerprint density at radius 2 is 1.53 bits per heavy atom. The van der Waals surface area contributed by atoms with E-state index in [-0.39, 0.29) is 23.7 Å². The van der Waals surface area contributed by atoms with Crippen LogP contribution in [0.3, 0.4) is 0 Å². The summed E-state index contributed by atoms with van der Waals surface area (Å²) in [6.45, 7) is 1.89. The average Bonchev–Trinajstić information content (AvgIpc) is 3.03. The fourth-order valence-corrected chi connectivity index (χ4v) is 4.31. The van der Waals surface area contributed by atoms with Crippen LogP contribution in [0, 0.1) is 79.8 Å². The Kier molecular flexibility index (Phi) is 1.98. The second-order valence-corrected chi connectivity index (χ2v) is 5.52. The maximum Gasteiger partial charge on any atom is 0.182 e. The van der Waals surface area contributed by atoms with Crippen LogP contribution in [-0.4, -0.2) is 0 Å². The van der Waals surface area contributed by atoms with Crippen LogP contribution in [-0.2, 0) is 0 Å². The van der Waals surface area contributed by atoms with Gasteiger partial charge >= 0.3 is 0 Å². The lowest BCUT2D eigenvalue weighted by molar-refractivity contribution is 0.284. The van der Waals surface area contributed by atoms with Gasteiger partial charge < -0.3 is 0 Å². The van der Waals surface area contributed by atoms with Gasteiger partial charge in [-0.3, -0.25) is 0 Å². The van der Waals surface area contributed by atoms with E-state index in [9.17, 15) is 21.0 Å². The first-order valence-corrected chi connectivity index (χ1v) is 6.13. The van der Waals surface area contributed by atoms with Crippen molar-refractivity contribution in [2.24, 2.45) is 34.5 Å². The molecule has 0 heterocycles. The smallest absolute Gasteiger partial charge is 0.182 e. The molecule has 3 aliphatic carbocycles. The van der Waals surface area contributed by atoms with Crippen molar-refractivity contribution in [3.8, 4) is 24.3 Å². The van der Waals surface area contributed by atoms with Gasteiger partial charge in [-0.05, 0) is 18.8 Å². The van der Waals surface area contributed by atoms with E-state index >= 15 is 0 Å². The Hall–Kier alpha value is -2.56. The lowest BCUT2D eigenvalue weighted by Crippen LogP contribution is -2.40. The molecule has 0 radical (unpaired) electrons. The van der Waals surface area contributed by atoms with E-state index in [0.717, 1.165) is 5.57 Å². The van der Waals surface area contributed by atoms with Crippen LogP contribution < -0.4 is 0 Å². The predicted molar refractivity (Wildman–Crippen MR) is 64.2 cm³/mol. The van der Waals surface area contributed by atoms with Gasteiger partial charge in [-0.25, -0.2) is 0 Å². The summed E-state index contributed by atoms with van der Waals surface area (Å²) in [6, 6.07) is 8.08. The van der Waals surface area contributed by atoms with Crippen LogP contribution >= 0.6 is 0 Å². The van der Waals surface area contributed by atoms with Crippen molar-refractivity contribution in [1.29, 1.82) is 21.0 Å². The Morgan fingerprint density at radius 1 is 0.947 bits per heavy atom. The van der Waals surface area contributed by atoms with Crippen molar-refractivity contribution in [3.63, 3.8) is 0 Å².